The quantitative estimate of drug-likeness (QED) is 0.469. The monoisotopic (exact) mass is 457 g/mol. The van der Waals surface area contributed by atoms with Crippen LogP contribution in [0.25, 0.3) is 22.2 Å². The van der Waals surface area contributed by atoms with Crippen LogP contribution < -0.4 is 5.32 Å². The third kappa shape index (κ3) is 4.34. The van der Waals surface area contributed by atoms with E-state index < -0.39 is 0 Å². The van der Waals surface area contributed by atoms with E-state index in [1.54, 1.807) is 0 Å². The molecule has 1 amide bonds. The van der Waals surface area contributed by atoms with Crippen molar-refractivity contribution in [2.24, 2.45) is 0 Å². The Morgan fingerprint density at radius 1 is 1.00 bits per heavy atom. The lowest BCUT2D eigenvalue weighted by molar-refractivity contribution is -0.0169. The lowest BCUT2D eigenvalue weighted by Crippen LogP contribution is -2.62. The van der Waals surface area contributed by atoms with Crippen molar-refractivity contribution in [2.45, 2.75) is 57.7 Å². The highest BCUT2D eigenvalue weighted by Crippen LogP contribution is 2.37. The van der Waals surface area contributed by atoms with Gasteiger partial charge in [-0.2, -0.15) is 0 Å². The number of fused-ring (bicyclic) bond motifs is 1. The normalized spacial score (nSPS) is 18.9. The Kier molecular flexibility index (Phi) is 5.61. The van der Waals surface area contributed by atoms with Gasteiger partial charge in [0.1, 0.15) is 0 Å². The average molecular weight is 458 g/mol. The molecule has 2 heterocycles. The van der Waals surface area contributed by atoms with Gasteiger partial charge in [-0.15, -0.1) is 0 Å². The van der Waals surface area contributed by atoms with Crippen molar-refractivity contribution in [1.82, 2.24) is 15.2 Å². The van der Waals surface area contributed by atoms with E-state index in [0.717, 1.165) is 35.0 Å². The Hall–Kier alpha value is -2.01. The number of hydrogen-bond acceptors (Lipinski definition) is 2. The van der Waals surface area contributed by atoms with Crippen LogP contribution in [0.4, 0.5) is 0 Å². The predicted octanol–water partition coefficient (Wildman–Crippen LogP) is 6.52. The number of carbonyl (C=O) groups excluding carboxylic acids is 1. The molecule has 164 valence electrons. The minimum atomic E-state index is -0.0251. The van der Waals surface area contributed by atoms with Crippen molar-refractivity contribution >= 4 is 40.0 Å². The van der Waals surface area contributed by atoms with E-state index in [0.29, 0.717) is 15.6 Å². The maximum Gasteiger partial charge on any atom is 0.251 e. The first kappa shape index (κ1) is 22.2. The van der Waals surface area contributed by atoms with E-state index in [1.807, 2.05) is 42.5 Å². The number of nitrogens with zero attached hydrogens (tertiary/aromatic N) is 1. The molecule has 0 aliphatic carbocycles. The minimum absolute atomic E-state index is 0.0251. The van der Waals surface area contributed by atoms with Crippen molar-refractivity contribution in [3.8, 4) is 11.3 Å². The Morgan fingerprint density at radius 3 is 2.19 bits per heavy atom. The number of likely N-dealkylation sites (tertiary alicyclic amines) is 1. The third-order valence-electron chi connectivity index (χ3n) is 6.76. The molecular weight excluding hydrogens is 429 g/mol. The molecule has 0 spiro atoms. The van der Waals surface area contributed by atoms with E-state index in [9.17, 15) is 4.79 Å². The number of carbonyl (C=O) groups is 1. The smallest absolute Gasteiger partial charge is 0.251 e. The van der Waals surface area contributed by atoms with Gasteiger partial charge in [0.05, 0.1) is 10.0 Å². The van der Waals surface area contributed by atoms with Crippen molar-refractivity contribution in [3.05, 3.63) is 58.1 Å². The van der Waals surface area contributed by atoms with Crippen LogP contribution in [0.1, 0.15) is 50.9 Å². The topological polar surface area (TPSA) is 48.1 Å². The standard InChI is InChI=1S/C25H29Cl2N3O/c1-24(2)13-18(14-25(3,4)30(24)5)28-23(31)16-8-6-15(7-9-16)21-11-17-10-19(26)20(27)12-22(17)29-21/h6-12,18,29H,13-14H2,1-5H3,(H,28,31). The SMILES string of the molecule is CN1C(C)(C)CC(NC(=O)c2ccc(-c3cc4cc(Cl)c(Cl)cc4[nH]3)cc2)CC1(C)C. The molecule has 2 aromatic carbocycles. The van der Waals surface area contributed by atoms with Crippen molar-refractivity contribution in [3.63, 3.8) is 0 Å². The molecule has 0 radical (unpaired) electrons. The first-order valence-corrected chi connectivity index (χ1v) is 11.3. The molecule has 3 aromatic rings. The summed E-state index contributed by atoms with van der Waals surface area (Å²) in [6.45, 7) is 8.95. The molecule has 4 nitrogen and oxygen atoms in total. The predicted molar refractivity (Wildman–Crippen MR) is 130 cm³/mol. The van der Waals surface area contributed by atoms with Crippen molar-refractivity contribution < 1.29 is 4.79 Å². The zero-order chi connectivity index (χ0) is 22.6. The second kappa shape index (κ2) is 7.84. The zero-order valence-electron chi connectivity index (χ0n) is 18.6. The van der Waals surface area contributed by atoms with E-state index in [4.69, 9.17) is 23.2 Å². The molecule has 4 rings (SSSR count). The van der Waals surface area contributed by atoms with Crippen LogP contribution in [-0.4, -0.2) is 40.0 Å². The Bertz CT molecular complexity index is 1070. The molecule has 0 saturated carbocycles. The number of piperidine rings is 1. The van der Waals surface area contributed by atoms with Crippen LogP contribution >= 0.6 is 23.2 Å². The molecule has 0 bridgehead atoms. The van der Waals surface area contributed by atoms with E-state index in [-0.39, 0.29) is 23.0 Å². The fourth-order valence-electron chi connectivity index (χ4n) is 4.83. The molecule has 1 fully saturated rings. The second-order valence-electron chi connectivity index (χ2n) is 9.88. The number of nitrogens with one attached hydrogen (secondary N) is 2. The number of amides is 1. The van der Waals surface area contributed by atoms with E-state index in [1.165, 1.54) is 0 Å². The summed E-state index contributed by atoms with van der Waals surface area (Å²) in [5.41, 5.74) is 3.62. The summed E-state index contributed by atoms with van der Waals surface area (Å²) < 4.78 is 0. The Morgan fingerprint density at radius 2 is 1.58 bits per heavy atom. The lowest BCUT2D eigenvalue weighted by Gasteiger charge is -2.53. The first-order valence-electron chi connectivity index (χ1n) is 10.6. The van der Waals surface area contributed by atoms with Crippen LogP contribution in [0.15, 0.2) is 42.5 Å². The summed E-state index contributed by atoms with van der Waals surface area (Å²) in [7, 11) is 2.17. The number of aromatic amines is 1. The lowest BCUT2D eigenvalue weighted by atomic mass is 9.77. The number of benzene rings is 2. The number of hydrogen-bond donors (Lipinski definition) is 2. The van der Waals surface area contributed by atoms with Crippen LogP contribution in [0.5, 0.6) is 0 Å². The van der Waals surface area contributed by atoms with E-state index >= 15 is 0 Å². The molecule has 2 N–H and O–H groups in total. The number of rotatable bonds is 3. The van der Waals surface area contributed by atoms with Gasteiger partial charge in [0.2, 0.25) is 0 Å². The average Bonchev–Trinajstić information content (AvgIpc) is 3.08. The summed E-state index contributed by atoms with van der Waals surface area (Å²) in [6.07, 6.45) is 1.86. The third-order valence-corrected chi connectivity index (χ3v) is 7.48. The van der Waals surface area contributed by atoms with Gasteiger partial charge >= 0.3 is 0 Å². The summed E-state index contributed by atoms with van der Waals surface area (Å²) in [5, 5.41) is 5.31. The van der Waals surface area contributed by atoms with Gasteiger partial charge < -0.3 is 10.3 Å². The van der Waals surface area contributed by atoms with Gasteiger partial charge in [-0.25, -0.2) is 0 Å². The largest absolute Gasteiger partial charge is 0.354 e. The molecule has 1 aromatic heterocycles. The van der Waals surface area contributed by atoms with Gasteiger partial charge in [0.15, 0.2) is 0 Å². The fraction of sp³-hybridized carbons (Fsp3) is 0.400. The highest BCUT2D eigenvalue weighted by atomic mass is 35.5. The van der Waals surface area contributed by atoms with Crippen LogP contribution in [0.3, 0.4) is 0 Å². The van der Waals surface area contributed by atoms with Gasteiger partial charge in [-0.05, 0) is 83.5 Å². The van der Waals surface area contributed by atoms with Crippen LogP contribution in [-0.2, 0) is 0 Å². The Labute approximate surface area is 193 Å². The maximum atomic E-state index is 12.9. The molecule has 1 saturated heterocycles. The summed E-state index contributed by atoms with van der Waals surface area (Å²) in [6, 6.07) is 13.5. The Balaban J connectivity index is 1.50. The second-order valence-corrected chi connectivity index (χ2v) is 10.7. The van der Waals surface area contributed by atoms with E-state index in [2.05, 4.69) is 49.9 Å². The number of halogens is 2. The highest BCUT2D eigenvalue weighted by Gasteiger charge is 2.43. The van der Waals surface area contributed by atoms with Gasteiger partial charge in [0.25, 0.3) is 5.91 Å². The molecule has 1 aliphatic heterocycles. The first-order chi connectivity index (χ1) is 14.5. The molecular formula is C25H29Cl2N3O. The van der Waals surface area contributed by atoms with Crippen LogP contribution in [0, 0.1) is 0 Å². The van der Waals surface area contributed by atoms with Gasteiger partial charge in [-0.1, -0.05) is 35.3 Å². The summed E-state index contributed by atoms with van der Waals surface area (Å²) in [5.74, 6) is -0.0251. The maximum absolute atomic E-state index is 12.9. The summed E-state index contributed by atoms with van der Waals surface area (Å²) in [4.78, 5) is 18.7. The summed E-state index contributed by atoms with van der Waals surface area (Å²) >= 11 is 12.3. The van der Waals surface area contributed by atoms with Crippen molar-refractivity contribution in [2.75, 3.05) is 7.05 Å². The van der Waals surface area contributed by atoms with Gasteiger partial charge in [0, 0.05) is 39.3 Å². The fourth-order valence-corrected chi connectivity index (χ4v) is 5.16. The molecule has 6 heteroatoms. The molecule has 0 atom stereocenters. The van der Waals surface area contributed by atoms with Crippen molar-refractivity contribution in [1.29, 1.82) is 0 Å². The minimum Gasteiger partial charge on any atom is -0.354 e. The number of aromatic nitrogens is 1. The molecule has 1 aliphatic rings. The van der Waals surface area contributed by atoms with Gasteiger partial charge in [-0.3, -0.25) is 9.69 Å². The highest BCUT2D eigenvalue weighted by molar-refractivity contribution is 6.42. The molecule has 0 unspecified atom stereocenters. The zero-order valence-corrected chi connectivity index (χ0v) is 20.2. The molecule has 31 heavy (non-hydrogen) atoms. The van der Waals surface area contributed by atoms with Crippen LogP contribution in [0.2, 0.25) is 10.0 Å². The number of H-pyrrole nitrogens is 1.